The number of carbonyl (C=O) groups excluding carboxylic acids is 4. The van der Waals surface area contributed by atoms with Crippen molar-refractivity contribution < 1.29 is 126 Å². The van der Waals surface area contributed by atoms with Crippen molar-refractivity contribution in [3.8, 4) is 0 Å². The van der Waals surface area contributed by atoms with Gasteiger partial charge in [0.25, 0.3) is 0 Å². The van der Waals surface area contributed by atoms with Crippen LogP contribution in [0.15, 0.2) is 0 Å². The van der Waals surface area contributed by atoms with Crippen molar-refractivity contribution in [2.24, 2.45) is 0 Å². The van der Waals surface area contributed by atoms with Crippen molar-refractivity contribution in [1.29, 1.82) is 0 Å². The minimum Gasteiger partial charge on any atom is -0.463 e. The van der Waals surface area contributed by atoms with Gasteiger partial charge in [-0.25, -0.2) is 0 Å². The van der Waals surface area contributed by atoms with Crippen LogP contribution in [0.4, 0.5) is 0 Å². The maximum Gasteiger partial charge on any atom is 0.306 e. The number of ether oxygens (including phenoxy) is 14. The summed E-state index contributed by atoms with van der Waals surface area (Å²) < 4.78 is 90.5. The molecule has 6 aliphatic heterocycles. The van der Waals surface area contributed by atoms with E-state index in [0.29, 0.717) is 44.9 Å². The molecule has 0 aliphatic carbocycles. The first-order valence-electron chi connectivity index (χ1n) is 49.9. The summed E-state index contributed by atoms with van der Waals surface area (Å²) in [5.41, 5.74) is 0. The van der Waals surface area contributed by atoms with E-state index in [2.05, 4.69) is 27.7 Å². The van der Waals surface area contributed by atoms with Gasteiger partial charge < -0.3 is 107 Å². The van der Waals surface area contributed by atoms with Gasteiger partial charge in [0.2, 0.25) is 0 Å². The molecule has 714 valence electrons. The summed E-state index contributed by atoms with van der Waals surface area (Å²) >= 11 is 0. The number of rotatable bonds is 58. The van der Waals surface area contributed by atoms with E-state index >= 15 is 0 Å². The standard InChI is InChI=1S/C96H174O26/c1-9-13-17-20-23-26-29-32-33-36-37-40-45-50-56-62-73(97)109-66-72-78(102)79(103)82(106)93(115-72)122-90-87(120-92-83(107)81(105)85(68(6)111-92)116-74(98)63-57-51-46-41-38-34-30-27-24-21-18-14-10-2)70(8)113-96(91(90)118-76(100)65-59-52-47-42-39-35-31-28-25-22-19-15-11-3)119-86-69(7)112-95-89(84(86)108)117-75(99)64-58-53-48-43-44-49-55-61-71(60-54-16-12-4)114-94-88(121-95)80(104)77(101)67(5)110-94/h67-72,77-96,101-108H,9-66H2,1-8H3. The Labute approximate surface area is 734 Å². The monoisotopic (exact) mass is 1740 g/mol. The minimum absolute atomic E-state index is 0.0429. The second-order valence-corrected chi connectivity index (χ2v) is 36.7. The highest BCUT2D eigenvalue weighted by atomic mass is 16.8. The van der Waals surface area contributed by atoms with Gasteiger partial charge in [0.1, 0.15) is 86.0 Å². The van der Waals surface area contributed by atoms with Crippen LogP contribution in [0, 0.1) is 0 Å². The summed E-state index contributed by atoms with van der Waals surface area (Å²) in [6.07, 6.45) is 15.1. The highest BCUT2D eigenvalue weighted by Gasteiger charge is 2.59. The summed E-state index contributed by atoms with van der Waals surface area (Å²) in [5.74, 6) is -2.63. The summed E-state index contributed by atoms with van der Waals surface area (Å²) in [6.45, 7) is 14.5. The third-order valence-corrected chi connectivity index (χ3v) is 25.9. The number of unbranched alkanes of at least 4 members (excludes halogenated alkanes) is 40. The van der Waals surface area contributed by atoms with Crippen molar-refractivity contribution in [2.45, 2.75) is 581 Å². The van der Waals surface area contributed by atoms with Crippen LogP contribution in [0.5, 0.6) is 0 Å². The van der Waals surface area contributed by atoms with Gasteiger partial charge in [-0.3, -0.25) is 19.2 Å². The third-order valence-electron chi connectivity index (χ3n) is 25.9. The van der Waals surface area contributed by atoms with E-state index in [-0.39, 0.29) is 31.8 Å². The van der Waals surface area contributed by atoms with Crippen LogP contribution in [0.25, 0.3) is 0 Å². The fourth-order valence-corrected chi connectivity index (χ4v) is 18.0. The Kier molecular flexibility index (Phi) is 56.6. The number of aliphatic hydroxyl groups excluding tert-OH is 8. The Balaban J connectivity index is 1.27. The molecule has 0 aromatic heterocycles. The number of aliphatic hydroxyl groups is 8. The minimum atomic E-state index is -2.06. The van der Waals surface area contributed by atoms with Crippen LogP contribution in [0.1, 0.15) is 421 Å². The lowest BCUT2D eigenvalue weighted by molar-refractivity contribution is -0.400. The normalized spacial score (nSPS) is 32.8. The predicted octanol–water partition coefficient (Wildman–Crippen LogP) is 17.1. The highest BCUT2D eigenvalue weighted by Crippen LogP contribution is 2.40. The lowest BCUT2D eigenvalue weighted by atomic mass is 9.95. The molecular formula is C96H174O26. The molecule has 122 heavy (non-hydrogen) atoms. The second kappa shape index (κ2) is 64.0. The summed E-state index contributed by atoms with van der Waals surface area (Å²) in [6, 6.07) is 0. The lowest BCUT2D eigenvalue weighted by Gasteiger charge is -2.51. The molecule has 6 heterocycles. The average molecular weight is 1740 g/mol. The smallest absolute Gasteiger partial charge is 0.306 e. The van der Waals surface area contributed by atoms with E-state index in [1.165, 1.54) is 161 Å². The van der Waals surface area contributed by atoms with Gasteiger partial charge in [0.15, 0.2) is 49.8 Å². The van der Waals surface area contributed by atoms with Gasteiger partial charge in [-0.15, -0.1) is 0 Å². The molecule has 26 atom stereocenters. The largest absolute Gasteiger partial charge is 0.463 e. The highest BCUT2D eigenvalue weighted by molar-refractivity contribution is 5.70. The molecule has 6 saturated heterocycles. The molecule has 0 aromatic rings. The summed E-state index contributed by atoms with van der Waals surface area (Å²) in [4.78, 5) is 56.0. The van der Waals surface area contributed by atoms with Crippen LogP contribution in [0.2, 0.25) is 0 Å². The Morgan fingerprint density at radius 3 is 1.19 bits per heavy atom. The first-order valence-corrected chi connectivity index (χ1v) is 49.9. The van der Waals surface area contributed by atoms with E-state index in [9.17, 15) is 60.0 Å². The topological polar surface area (TPSA) is 359 Å². The van der Waals surface area contributed by atoms with Gasteiger partial charge in [-0.1, -0.05) is 329 Å². The molecule has 6 fully saturated rings. The van der Waals surface area contributed by atoms with Crippen molar-refractivity contribution in [3.05, 3.63) is 0 Å². The van der Waals surface area contributed by atoms with E-state index in [0.717, 1.165) is 141 Å². The Morgan fingerprint density at radius 1 is 0.311 bits per heavy atom. The number of carbonyl (C=O) groups is 4. The van der Waals surface area contributed by atoms with Crippen LogP contribution in [0.3, 0.4) is 0 Å². The molecule has 0 radical (unpaired) electrons. The fourth-order valence-electron chi connectivity index (χ4n) is 18.0. The maximum atomic E-state index is 14.9. The van der Waals surface area contributed by atoms with Crippen molar-refractivity contribution >= 4 is 23.9 Å². The molecule has 26 nitrogen and oxygen atoms in total. The molecule has 0 saturated carbocycles. The third kappa shape index (κ3) is 40.3. The fraction of sp³-hybridized carbons (Fsp3) is 0.958. The van der Waals surface area contributed by atoms with Crippen molar-refractivity contribution in [1.82, 2.24) is 0 Å². The number of hydrogen-bond donors (Lipinski definition) is 8. The molecule has 8 N–H and O–H groups in total. The first kappa shape index (κ1) is 108. The van der Waals surface area contributed by atoms with E-state index in [1.807, 2.05) is 0 Å². The molecule has 6 rings (SSSR count). The van der Waals surface area contributed by atoms with Crippen LogP contribution >= 0.6 is 0 Å². The summed E-state index contributed by atoms with van der Waals surface area (Å²) in [7, 11) is 0. The number of esters is 4. The molecule has 0 bridgehead atoms. The van der Waals surface area contributed by atoms with Gasteiger partial charge in [0, 0.05) is 25.7 Å². The zero-order chi connectivity index (χ0) is 88.2. The zero-order valence-corrected chi connectivity index (χ0v) is 76.9. The van der Waals surface area contributed by atoms with Crippen LogP contribution in [-0.2, 0) is 85.5 Å². The van der Waals surface area contributed by atoms with E-state index in [1.54, 1.807) is 20.8 Å². The van der Waals surface area contributed by atoms with E-state index < -0.39 is 184 Å². The van der Waals surface area contributed by atoms with Crippen molar-refractivity contribution in [3.63, 3.8) is 0 Å². The van der Waals surface area contributed by atoms with Gasteiger partial charge in [-0.05, 0) is 66.2 Å². The molecule has 26 heteroatoms. The van der Waals surface area contributed by atoms with Crippen LogP contribution < -0.4 is 0 Å². The molecular weight excluding hydrogens is 1570 g/mol. The first-order chi connectivity index (χ1) is 59.1. The van der Waals surface area contributed by atoms with Gasteiger partial charge in [0.05, 0.1) is 30.5 Å². The molecule has 6 aliphatic rings. The number of fused-ring (bicyclic) bond motifs is 2. The van der Waals surface area contributed by atoms with Crippen LogP contribution in [-0.4, -0.2) is 231 Å². The number of hydrogen-bond acceptors (Lipinski definition) is 26. The predicted molar refractivity (Wildman–Crippen MR) is 465 cm³/mol. The quantitative estimate of drug-likeness (QED) is 0.0159. The zero-order valence-electron chi connectivity index (χ0n) is 76.9. The Morgan fingerprint density at radius 2 is 0.689 bits per heavy atom. The molecule has 0 amide bonds. The van der Waals surface area contributed by atoms with Gasteiger partial charge >= 0.3 is 23.9 Å². The Hall–Kier alpha value is -2.84. The SMILES string of the molecule is CCCCCCCCCCCCCCCCCC(=O)OCC1OC(OC2C(OC3OC(C)C(OC(=O)CCCCCCCCCCCCCCC)C(O)C3O)C(C)OC(OC3C(C)OC4OC5C(OC(CCCCC)CCCCCCCCCC(=O)OC4C3O)OC(C)C(O)C5O)C2OC(=O)CCCCCCCCCCCCCCC)C(O)C(O)C1O. The molecule has 0 spiro atoms. The lowest BCUT2D eigenvalue weighted by Crippen LogP contribution is -2.68. The molecule has 26 unspecified atom stereocenters. The average Bonchev–Trinajstić information content (AvgIpc) is 0.763. The summed E-state index contributed by atoms with van der Waals surface area (Å²) in [5, 5.41) is 95.9. The second-order valence-electron chi connectivity index (χ2n) is 36.7. The van der Waals surface area contributed by atoms with E-state index in [4.69, 9.17) is 66.3 Å². The maximum absolute atomic E-state index is 14.9. The van der Waals surface area contributed by atoms with Crippen molar-refractivity contribution in [2.75, 3.05) is 6.61 Å². The Bertz CT molecular complexity index is 2670. The molecule has 0 aromatic carbocycles. The van der Waals surface area contributed by atoms with Gasteiger partial charge in [-0.2, -0.15) is 0 Å².